The standard InChI is InChI=1S/C16H16FNO4S/c17-11-1-2-14(22-8-10-3-5-21-6-4-10)12(7-11)15-18-13(9-23-15)16(19)20/h1-2,7,9-10H,3-6,8H2,(H,19,20). The molecule has 1 fully saturated rings. The molecule has 7 heteroatoms. The highest BCUT2D eigenvalue weighted by molar-refractivity contribution is 7.13. The van der Waals surface area contributed by atoms with E-state index in [0.29, 0.717) is 28.8 Å². The molecule has 5 nitrogen and oxygen atoms in total. The second kappa shape index (κ2) is 7.06. The SMILES string of the molecule is O=C(O)c1csc(-c2cc(F)ccc2OCC2CCOCC2)n1. The number of carboxylic acids is 1. The molecule has 23 heavy (non-hydrogen) atoms. The molecule has 0 atom stereocenters. The van der Waals surface area contributed by atoms with E-state index in [1.54, 1.807) is 6.07 Å². The van der Waals surface area contributed by atoms with Gasteiger partial charge >= 0.3 is 5.97 Å². The number of hydrogen-bond acceptors (Lipinski definition) is 5. The Labute approximate surface area is 136 Å². The van der Waals surface area contributed by atoms with Crippen LogP contribution in [0.2, 0.25) is 0 Å². The van der Waals surface area contributed by atoms with Crippen LogP contribution in [0.5, 0.6) is 5.75 Å². The van der Waals surface area contributed by atoms with Gasteiger partial charge in [0.15, 0.2) is 5.69 Å². The van der Waals surface area contributed by atoms with Crippen LogP contribution in [0.15, 0.2) is 23.6 Å². The van der Waals surface area contributed by atoms with Gasteiger partial charge in [-0.2, -0.15) is 0 Å². The summed E-state index contributed by atoms with van der Waals surface area (Å²) in [6.45, 7) is 2.00. The van der Waals surface area contributed by atoms with Crippen molar-refractivity contribution in [1.82, 2.24) is 4.98 Å². The predicted molar refractivity (Wildman–Crippen MR) is 83.5 cm³/mol. The molecule has 1 aromatic carbocycles. The van der Waals surface area contributed by atoms with E-state index in [1.807, 2.05) is 0 Å². The lowest BCUT2D eigenvalue weighted by atomic mass is 10.0. The van der Waals surface area contributed by atoms with Crippen molar-refractivity contribution in [1.29, 1.82) is 0 Å². The third-order valence-corrected chi connectivity index (χ3v) is 4.59. The summed E-state index contributed by atoms with van der Waals surface area (Å²) in [7, 11) is 0. The smallest absolute Gasteiger partial charge is 0.355 e. The first kappa shape index (κ1) is 15.9. The van der Waals surface area contributed by atoms with Gasteiger partial charge in [0.05, 0.1) is 12.2 Å². The molecule has 0 spiro atoms. The van der Waals surface area contributed by atoms with E-state index in [0.717, 1.165) is 37.4 Å². The maximum atomic E-state index is 13.6. The van der Waals surface area contributed by atoms with Crippen LogP contribution in [-0.4, -0.2) is 35.9 Å². The highest BCUT2D eigenvalue weighted by Crippen LogP contribution is 2.33. The van der Waals surface area contributed by atoms with Crippen molar-refractivity contribution in [3.63, 3.8) is 0 Å². The Balaban J connectivity index is 1.80. The van der Waals surface area contributed by atoms with E-state index in [1.165, 1.54) is 17.5 Å². The zero-order chi connectivity index (χ0) is 16.2. The molecule has 1 aromatic heterocycles. The number of carboxylic acid groups (broad SMARTS) is 1. The maximum absolute atomic E-state index is 13.6. The molecule has 0 saturated carbocycles. The molecule has 0 aliphatic carbocycles. The molecule has 0 amide bonds. The van der Waals surface area contributed by atoms with Crippen LogP contribution in [-0.2, 0) is 4.74 Å². The first-order chi connectivity index (χ1) is 11.1. The van der Waals surface area contributed by atoms with Crippen LogP contribution in [0.3, 0.4) is 0 Å². The number of thiazole rings is 1. The van der Waals surface area contributed by atoms with Crippen LogP contribution in [0.4, 0.5) is 4.39 Å². The molecule has 3 rings (SSSR count). The van der Waals surface area contributed by atoms with Crippen molar-refractivity contribution < 1.29 is 23.8 Å². The minimum atomic E-state index is -1.10. The molecular weight excluding hydrogens is 321 g/mol. The molecular formula is C16H16FNO4S. The Bertz CT molecular complexity index is 697. The summed E-state index contributed by atoms with van der Waals surface area (Å²) in [5.41, 5.74) is 0.430. The second-order valence-electron chi connectivity index (χ2n) is 5.35. The van der Waals surface area contributed by atoms with E-state index < -0.39 is 11.8 Å². The van der Waals surface area contributed by atoms with Gasteiger partial charge in [0.2, 0.25) is 0 Å². The summed E-state index contributed by atoms with van der Waals surface area (Å²) in [5, 5.41) is 10.8. The topological polar surface area (TPSA) is 68.7 Å². The van der Waals surface area contributed by atoms with Gasteiger partial charge in [-0.25, -0.2) is 14.2 Å². The Morgan fingerprint density at radius 2 is 2.22 bits per heavy atom. The normalized spacial score (nSPS) is 15.5. The van der Waals surface area contributed by atoms with Gasteiger partial charge in [0.25, 0.3) is 0 Å². The van der Waals surface area contributed by atoms with Gasteiger partial charge in [-0.15, -0.1) is 11.3 Å². The summed E-state index contributed by atoms with van der Waals surface area (Å²) in [6, 6.07) is 4.21. The maximum Gasteiger partial charge on any atom is 0.355 e. The summed E-state index contributed by atoms with van der Waals surface area (Å²) in [5.74, 6) is -0.587. The average molecular weight is 337 g/mol. The predicted octanol–water partition coefficient (Wildman–Crippen LogP) is 3.45. The monoisotopic (exact) mass is 337 g/mol. The molecule has 1 aliphatic rings. The van der Waals surface area contributed by atoms with Crippen LogP contribution >= 0.6 is 11.3 Å². The van der Waals surface area contributed by atoms with Crippen LogP contribution < -0.4 is 4.74 Å². The number of aromatic carboxylic acids is 1. The van der Waals surface area contributed by atoms with Gasteiger partial charge in [-0.05, 0) is 37.0 Å². The molecule has 0 radical (unpaired) electrons. The first-order valence-electron chi connectivity index (χ1n) is 7.33. The van der Waals surface area contributed by atoms with E-state index in [2.05, 4.69) is 4.98 Å². The second-order valence-corrected chi connectivity index (χ2v) is 6.21. The minimum Gasteiger partial charge on any atom is -0.493 e. The highest BCUT2D eigenvalue weighted by Gasteiger charge is 2.18. The van der Waals surface area contributed by atoms with Gasteiger partial charge in [-0.1, -0.05) is 0 Å². The number of hydrogen-bond donors (Lipinski definition) is 1. The van der Waals surface area contributed by atoms with E-state index in [-0.39, 0.29) is 5.69 Å². The Kier molecular flexibility index (Phi) is 4.88. The molecule has 0 unspecified atom stereocenters. The largest absolute Gasteiger partial charge is 0.493 e. The number of ether oxygens (including phenoxy) is 2. The molecule has 1 aliphatic heterocycles. The quantitative estimate of drug-likeness (QED) is 0.905. The Morgan fingerprint density at radius 3 is 2.91 bits per heavy atom. The zero-order valence-corrected chi connectivity index (χ0v) is 13.1. The summed E-state index contributed by atoms with van der Waals surface area (Å²) in [4.78, 5) is 15.0. The van der Waals surface area contributed by atoms with Gasteiger partial charge < -0.3 is 14.6 Å². The molecule has 1 N–H and O–H groups in total. The first-order valence-corrected chi connectivity index (χ1v) is 8.21. The molecule has 2 aromatic rings. The van der Waals surface area contributed by atoms with E-state index in [9.17, 15) is 9.18 Å². The number of rotatable bonds is 5. The van der Waals surface area contributed by atoms with Crippen molar-refractivity contribution in [2.75, 3.05) is 19.8 Å². The molecule has 2 heterocycles. The number of halogens is 1. The lowest BCUT2D eigenvalue weighted by Gasteiger charge is -2.22. The number of nitrogens with zero attached hydrogens (tertiary/aromatic N) is 1. The lowest BCUT2D eigenvalue weighted by Crippen LogP contribution is -2.21. The van der Waals surface area contributed by atoms with Crippen molar-refractivity contribution in [2.45, 2.75) is 12.8 Å². The van der Waals surface area contributed by atoms with Crippen molar-refractivity contribution in [2.24, 2.45) is 5.92 Å². The molecule has 122 valence electrons. The number of benzene rings is 1. The minimum absolute atomic E-state index is 0.0513. The Morgan fingerprint density at radius 1 is 1.43 bits per heavy atom. The zero-order valence-electron chi connectivity index (χ0n) is 12.3. The van der Waals surface area contributed by atoms with Crippen LogP contribution in [0, 0.1) is 11.7 Å². The summed E-state index contributed by atoms with van der Waals surface area (Å²) < 4.78 is 24.8. The van der Waals surface area contributed by atoms with Gasteiger partial charge in [0.1, 0.15) is 16.6 Å². The fourth-order valence-corrected chi connectivity index (χ4v) is 3.23. The molecule has 0 bridgehead atoms. The van der Waals surface area contributed by atoms with Gasteiger partial charge in [0, 0.05) is 18.6 Å². The fraction of sp³-hybridized carbons (Fsp3) is 0.375. The van der Waals surface area contributed by atoms with E-state index in [4.69, 9.17) is 14.6 Å². The van der Waals surface area contributed by atoms with Crippen molar-refractivity contribution in [3.05, 3.63) is 35.1 Å². The molecule has 1 saturated heterocycles. The number of carbonyl (C=O) groups is 1. The highest BCUT2D eigenvalue weighted by atomic mass is 32.1. The van der Waals surface area contributed by atoms with Crippen molar-refractivity contribution >= 4 is 17.3 Å². The van der Waals surface area contributed by atoms with Gasteiger partial charge in [-0.3, -0.25) is 0 Å². The average Bonchev–Trinajstić information content (AvgIpc) is 3.05. The fourth-order valence-electron chi connectivity index (χ4n) is 2.41. The van der Waals surface area contributed by atoms with Crippen molar-refractivity contribution in [3.8, 4) is 16.3 Å². The van der Waals surface area contributed by atoms with Crippen LogP contribution in [0.25, 0.3) is 10.6 Å². The Hall–Kier alpha value is -1.99. The summed E-state index contributed by atoms with van der Waals surface area (Å²) in [6.07, 6.45) is 1.88. The lowest BCUT2D eigenvalue weighted by molar-refractivity contribution is 0.0498. The van der Waals surface area contributed by atoms with E-state index >= 15 is 0 Å². The number of aromatic nitrogens is 1. The third kappa shape index (κ3) is 3.86. The third-order valence-electron chi connectivity index (χ3n) is 3.71. The summed E-state index contributed by atoms with van der Waals surface area (Å²) >= 11 is 1.16. The van der Waals surface area contributed by atoms with Crippen LogP contribution in [0.1, 0.15) is 23.3 Å².